The molecule has 0 N–H and O–H groups in total. The normalized spacial score (nSPS) is 10.4. The second-order valence-electron chi connectivity index (χ2n) is 6.11. The molecular weight excluding hydrogens is 352 g/mol. The van der Waals surface area contributed by atoms with Crippen molar-refractivity contribution in [3.8, 4) is 11.5 Å². The highest BCUT2D eigenvalue weighted by molar-refractivity contribution is 6.06. The Kier molecular flexibility index (Phi) is 4.85. The van der Waals surface area contributed by atoms with Gasteiger partial charge in [-0.05, 0) is 41.1 Å². The van der Waals surface area contributed by atoms with Crippen LogP contribution in [0.25, 0.3) is 10.8 Å². The van der Waals surface area contributed by atoms with Crippen molar-refractivity contribution in [1.82, 2.24) is 0 Å². The van der Waals surface area contributed by atoms with Crippen LogP contribution in [0, 0.1) is 0 Å². The fourth-order valence-corrected chi connectivity index (χ4v) is 2.93. The van der Waals surface area contributed by atoms with E-state index < -0.39 is 11.9 Å². The van der Waals surface area contributed by atoms with Crippen LogP contribution in [0.15, 0.2) is 97.1 Å². The summed E-state index contributed by atoms with van der Waals surface area (Å²) in [6.45, 7) is 0. The molecule has 0 amide bonds. The maximum Gasteiger partial charge on any atom is 0.347 e. The molecule has 28 heavy (non-hydrogen) atoms. The Morgan fingerprint density at radius 2 is 1.14 bits per heavy atom. The molecule has 0 spiro atoms. The smallest absolute Gasteiger partial charge is 0.347 e. The predicted molar refractivity (Wildman–Crippen MR) is 107 cm³/mol. The van der Waals surface area contributed by atoms with E-state index in [9.17, 15) is 9.59 Å². The Morgan fingerprint density at radius 3 is 2.00 bits per heavy atom. The van der Waals surface area contributed by atoms with Gasteiger partial charge in [0.1, 0.15) is 17.1 Å². The van der Waals surface area contributed by atoms with E-state index in [0.717, 1.165) is 10.8 Å². The first-order valence-corrected chi connectivity index (χ1v) is 8.78. The van der Waals surface area contributed by atoms with Crippen LogP contribution in [-0.2, 0) is 0 Å². The van der Waals surface area contributed by atoms with Crippen molar-refractivity contribution < 1.29 is 19.1 Å². The van der Waals surface area contributed by atoms with Gasteiger partial charge < -0.3 is 9.47 Å². The number of fused-ring (bicyclic) bond motifs is 1. The number of ether oxygens (including phenoxy) is 2. The summed E-state index contributed by atoms with van der Waals surface area (Å²) in [5, 5.41) is 1.73. The molecule has 4 nitrogen and oxygen atoms in total. The molecule has 0 unspecified atom stereocenters. The molecule has 4 aromatic carbocycles. The summed E-state index contributed by atoms with van der Waals surface area (Å²) in [4.78, 5) is 25.3. The lowest BCUT2D eigenvalue weighted by Gasteiger charge is -2.11. The molecule has 0 aliphatic rings. The van der Waals surface area contributed by atoms with Crippen molar-refractivity contribution in [3.63, 3.8) is 0 Å². The molecule has 0 radical (unpaired) electrons. The standard InChI is InChI=1S/C24H16O4/c25-23(20-15-8-10-17-9-4-5-13-19(17)20)28-22-16-7-6-14-21(22)24(26)27-18-11-2-1-3-12-18/h1-16H. The zero-order chi connectivity index (χ0) is 19.3. The lowest BCUT2D eigenvalue weighted by Crippen LogP contribution is -2.14. The van der Waals surface area contributed by atoms with E-state index in [1.807, 2.05) is 36.4 Å². The summed E-state index contributed by atoms with van der Waals surface area (Å²) in [7, 11) is 0. The number of esters is 2. The number of hydrogen-bond acceptors (Lipinski definition) is 4. The lowest BCUT2D eigenvalue weighted by atomic mass is 10.0. The van der Waals surface area contributed by atoms with Gasteiger partial charge in [0.2, 0.25) is 0 Å². The third-order valence-corrected chi connectivity index (χ3v) is 4.27. The Labute approximate surface area is 162 Å². The Balaban J connectivity index is 1.62. The Morgan fingerprint density at radius 1 is 0.536 bits per heavy atom. The summed E-state index contributed by atoms with van der Waals surface area (Å²) in [5.74, 6) is -0.548. The van der Waals surface area contributed by atoms with E-state index in [2.05, 4.69) is 0 Å². The van der Waals surface area contributed by atoms with Gasteiger partial charge in [0.25, 0.3) is 0 Å². The molecule has 136 valence electrons. The molecule has 4 aromatic rings. The van der Waals surface area contributed by atoms with Gasteiger partial charge >= 0.3 is 11.9 Å². The van der Waals surface area contributed by atoms with E-state index in [4.69, 9.17) is 9.47 Å². The van der Waals surface area contributed by atoms with Crippen LogP contribution < -0.4 is 9.47 Å². The second-order valence-corrected chi connectivity index (χ2v) is 6.11. The number of carbonyl (C=O) groups excluding carboxylic acids is 2. The first-order chi connectivity index (χ1) is 13.7. The Hall–Kier alpha value is -3.92. The SMILES string of the molecule is O=C(Oc1ccccc1)c1ccccc1OC(=O)c1cccc2ccccc12. The molecule has 0 bridgehead atoms. The Bertz CT molecular complexity index is 1140. The van der Waals surface area contributed by atoms with Crippen molar-refractivity contribution in [2.45, 2.75) is 0 Å². The minimum Gasteiger partial charge on any atom is -0.423 e. The molecule has 4 rings (SSSR count). The van der Waals surface area contributed by atoms with Crippen molar-refractivity contribution in [2.75, 3.05) is 0 Å². The van der Waals surface area contributed by atoms with E-state index in [1.54, 1.807) is 60.7 Å². The van der Waals surface area contributed by atoms with E-state index >= 15 is 0 Å². The molecule has 0 fully saturated rings. The van der Waals surface area contributed by atoms with Gasteiger partial charge in [-0.2, -0.15) is 0 Å². The molecule has 0 heterocycles. The van der Waals surface area contributed by atoms with Gasteiger partial charge in [-0.1, -0.05) is 66.7 Å². The highest BCUT2D eigenvalue weighted by Crippen LogP contribution is 2.24. The summed E-state index contributed by atoms with van der Waals surface area (Å²) in [5.41, 5.74) is 0.615. The fourth-order valence-electron chi connectivity index (χ4n) is 2.93. The highest BCUT2D eigenvalue weighted by Gasteiger charge is 2.19. The molecule has 0 saturated heterocycles. The van der Waals surface area contributed by atoms with E-state index in [0.29, 0.717) is 11.3 Å². The number of para-hydroxylation sites is 2. The molecule has 0 aliphatic heterocycles. The van der Waals surface area contributed by atoms with Crippen molar-refractivity contribution >= 4 is 22.7 Å². The largest absolute Gasteiger partial charge is 0.423 e. The number of hydrogen-bond donors (Lipinski definition) is 0. The van der Waals surface area contributed by atoms with Crippen molar-refractivity contribution in [3.05, 3.63) is 108 Å². The number of rotatable bonds is 4. The minimum absolute atomic E-state index is 0.154. The maximum atomic E-state index is 12.8. The topological polar surface area (TPSA) is 52.6 Å². The summed E-state index contributed by atoms with van der Waals surface area (Å²) >= 11 is 0. The first-order valence-electron chi connectivity index (χ1n) is 8.78. The average Bonchev–Trinajstić information content (AvgIpc) is 2.74. The molecule has 4 heteroatoms. The van der Waals surface area contributed by atoms with Gasteiger partial charge in [0, 0.05) is 0 Å². The van der Waals surface area contributed by atoms with Crippen LogP contribution in [0.2, 0.25) is 0 Å². The van der Waals surface area contributed by atoms with Crippen LogP contribution >= 0.6 is 0 Å². The van der Waals surface area contributed by atoms with Gasteiger partial charge in [0.05, 0.1) is 5.56 Å². The van der Waals surface area contributed by atoms with Crippen LogP contribution in [-0.4, -0.2) is 11.9 Å². The number of benzene rings is 4. The molecular formula is C24H16O4. The van der Waals surface area contributed by atoms with Crippen molar-refractivity contribution in [2.24, 2.45) is 0 Å². The van der Waals surface area contributed by atoms with Gasteiger partial charge in [-0.15, -0.1) is 0 Å². The van der Waals surface area contributed by atoms with E-state index in [1.165, 1.54) is 0 Å². The van der Waals surface area contributed by atoms with Gasteiger partial charge in [-0.25, -0.2) is 9.59 Å². The monoisotopic (exact) mass is 368 g/mol. The van der Waals surface area contributed by atoms with Crippen molar-refractivity contribution in [1.29, 1.82) is 0 Å². The highest BCUT2D eigenvalue weighted by atomic mass is 16.5. The molecule has 0 saturated carbocycles. The second kappa shape index (κ2) is 7.76. The van der Waals surface area contributed by atoms with Gasteiger partial charge in [-0.3, -0.25) is 0 Å². The third kappa shape index (κ3) is 3.62. The summed E-state index contributed by atoms with van der Waals surface area (Å²) < 4.78 is 10.9. The van der Waals surface area contributed by atoms with Crippen LogP contribution in [0.4, 0.5) is 0 Å². The minimum atomic E-state index is -0.590. The summed E-state index contributed by atoms with van der Waals surface area (Å²) in [6, 6.07) is 28.3. The molecule has 0 atom stereocenters. The fraction of sp³-hybridized carbons (Fsp3) is 0. The summed E-state index contributed by atoms with van der Waals surface area (Å²) in [6.07, 6.45) is 0. The molecule has 0 aromatic heterocycles. The van der Waals surface area contributed by atoms with Crippen LogP contribution in [0.3, 0.4) is 0 Å². The lowest BCUT2D eigenvalue weighted by molar-refractivity contribution is 0.0708. The van der Waals surface area contributed by atoms with E-state index in [-0.39, 0.29) is 11.3 Å². The van der Waals surface area contributed by atoms with Crippen LogP contribution in [0.1, 0.15) is 20.7 Å². The number of carbonyl (C=O) groups is 2. The third-order valence-electron chi connectivity index (χ3n) is 4.27. The molecule has 0 aliphatic carbocycles. The maximum absolute atomic E-state index is 12.8. The zero-order valence-electron chi connectivity index (χ0n) is 14.9. The van der Waals surface area contributed by atoms with Gasteiger partial charge in [0.15, 0.2) is 0 Å². The predicted octanol–water partition coefficient (Wildman–Crippen LogP) is 5.28. The average molecular weight is 368 g/mol. The van der Waals surface area contributed by atoms with Crippen LogP contribution in [0.5, 0.6) is 11.5 Å². The first kappa shape index (κ1) is 17.5. The zero-order valence-corrected chi connectivity index (χ0v) is 14.9. The quantitative estimate of drug-likeness (QED) is 0.363.